The van der Waals surface area contributed by atoms with E-state index < -0.39 is 12.6 Å². The molecule has 0 unspecified atom stereocenters. The van der Waals surface area contributed by atoms with Gasteiger partial charge in [-0.1, -0.05) is 12.1 Å². The molecule has 0 aliphatic carbocycles. The maximum atomic E-state index is 12.1. The summed E-state index contributed by atoms with van der Waals surface area (Å²) in [6.45, 7) is 3.72. The van der Waals surface area contributed by atoms with Gasteiger partial charge >= 0.3 is 6.18 Å². The number of nitrogens with zero attached hydrogens (tertiary/aromatic N) is 2. The molecular formula is C11H16F3N3O. The smallest absolute Gasteiger partial charge is 0.339 e. The number of aryl methyl sites for hydroxylation is 1. The second-order valence-electron chi connectivity index (χ2n) is 4.94. The van der Waals surface area contributed by atoms with E-state index in [0.717, 1.165) is 25.9 Å². The summed E-state index contributed by atoms with van der Waals surface area (Å²) in [4.78, 5) is 4.10. The van der Waals surface area contributed by atoms with Crippen molar-refractivity contribution in [2.75, 3.05) is 13.1 Å². The van der Waals surface area contributed by atoms with Gasteiger partial charge < -0.3 is 9.84 Å². The van der Waals surface area contributed by atoms with E-state index in [-0.39, 0.29) is 17.7 Å². The number of alkyl halides is 3. The van der Waals surface area contributed by atoms with Gasteiger partial charge in [0.2, 0.25) is 5.89 Å². The van der Waals surface area contributed by atoms with Crippen LogP contribution in [-0.4, -0.2) is 29.4 Å². The lowest BCUT2D eigenvalue weighted by Gasteiger charge is -2.30. The number of nitrogens with one attached hydrogen (secondary N) is 1. The molecule has 1 N–H and O–H groups in total. The lowest BCUT2D eigenvalue weighted by Crippen LogP contribution is -2.37. The van der Waals surface area contributed by atoms with Crippen LogP contribution in [0.15, 0.2) is 4.52 Å². The van der Waals surface area contributed by atoms with E-state index in [9.17, 15) is 13.2 Å². The minimum Gasteiger partial charge on any atom is -0.339 e. The van der Waals surface area contributed by atoms with Gasteiger partial charge in [0.1, 0.15) is 0 Å². The van der Waals surface area contributed by atoms with Gasteiger partial charge in [0, 0.05) is 11.8 Å². The molecule has 1 aliphatic rings. The number of piperidine rings is 1. The molecule has 0 bridgehead atoms. The largest absolute Gasteiger partial charge is 0.389 e. The molecule has 1 fully saturated rings. The summed E-state index contributed by atoms with van der Waals surface area (Å²) in [5.74, 6) is 0.600. The Morgan fingerprint density at radius 1 is 1.33 bits per heavy atom. The van der Waals surface area contributed by atoms with Crippen LogP contribution in [0, 0.1) is 0 Å². The Hall–Kier alpha value is -1.11. The van der Waals surface area contributed by atoms with Crippen LogP contribution in [0.4, 0.5) is 13.2 Å². The van der Waals surface area contributed by atoms with E-state index in [4.69, 9.17) is 4.52 Å². The molecule has 1 aliphatic heterocycles. The monoisotopic (exact) mass is 263 g/mol. The van der Waals surface area contributed by atoms with Crippen molar-refractivity contribution in [2.45, 2.75) is 44.2 Å². The van der Waals surface area contributed by atoms with Gasteiger partial charge in [0.15, 0.2) is 5.82 Å². The minimum absolute atomic E-state index is 0.141. The third kappa shape index (κ3) is 3.22. The van der Waals surface area contributed by atoms with Crippen LogP contribution in [0.25, 0.3) is 0 Å². The van der Waals surface area contributed by atoms with Crippen LogP contribution >= 0.6 is 0 Å². The number of hydrogen-bond donors (Lipinski definition) is 1. The highest BCUT2D eigenvalue weighted by molar-refractivity contribution is 5.05. The predicted octanol–water partition coefficient (Wildman–Crippen LogP) is 2.21. The van der Waals surface area contributed by atoms with E-state index in [1.165, 1.54) is 0 Å². The van der Waals surface area contributed by atoms with Crippen molar-refractivity contribution < 1.29 is 17.7 Å². The lowest BCUT2D eigenvalue weighted by atomic mass is 9.81. The zero-order valence-electron chi connectivity index (χ0n) is 10.2. The Balaban J connectivity index is 2.01. The lowest BCUT2D eigenvalue weighted by molar-refractivity contribution is -0.134. The molecule has 0 saturated carbocycles. The maximum absolute atomic E-state index is 12.1. The standard InChI is InChI=1S/C11H16F3N3O/c1-10(4-6-15-7-5-10)9-16-8(17-18-9)2-3-11(12,13)14/h15H,2-7H2,1H3. The van der Waals surface area contributed by atoms with Crippen LogP contribution < -0.4 is 5.32 Å². The normalized spacial score (nSPS) is 20.0. The maximum Gasteiger partial charge on any atom is 0.389 e. The third-order valence-electron chi connectivity index (χ3n) is 3.32. The second kappa shape index (κ2) is 4.87. The van der Waals surface area contributed by atoms with E-state index in [1.807, 2.05) is 6.92 Å². The molecular weight excluding hydrogens is 247 g/mol. The first-order chi connectivity index (χ1) is 8.39. The zero-order chi connectivity index (χ0) is 13.2. The second-order valence-corrected chi connectivity index (χ2v) is 4.94. The molecule has 0 atom stereocenters. The van der Waals surface area contributed by atoms with Gasteiger partial charge in [-0.15, -0.1) is 0 Å². The summed E-state index contributed by atoms with van der Waals surface area (Å²) < 4.78 is 41.4. The number of aromatic nitrogens is 2. The molecule has 7 heteroatoms. The average Bonchev–Trinajstić information content (AvgIpc) is 2.76. The molecule has 18 heavy (non-hydrogen) atoms. The molecule has 4 nitrogen and oxygen atoms in total. The summed E-state index contributed by atoms with van der Waals surface area (Å²) >= 11 is 0. The predicted molar refractivity (Wildman–Crippen MR) is 58.1 cm³/mol. The van der Waals surface area contributed by atoms with Gasteiger partial charge in [-0.2, -0.15) is 18.2 Å². The summed E-state index contributed by atoms with van der Waals surface area (Å²) in [6, 6.07) is 0. The quantitative estimate of drug-likeness (QED) is 0.908. The van der Waals surface area contributed by atoms with E-state index >= 15 is 0 Å². The third-order valence-corrected chi connectivity index (χ3v) is 3.32. The van der Waals surface area contributed by atoms with Crippen molar-refractivity contribution in [3.05, 3.63) is 11.7 Å². The number of hydrogen-bond acceptors (Lipinski definition) is 4. The molecule has 102 valence electrons. The van der Waals surface area contributed by atoms with Gasteiger partial charge in [-0.05, 0) is 25.9 Å². The highest BCUT2D eigenvalue weighted by atomic mass is 19.4. The topological polar surface area (TPSA) is 51.0 Å². The molecule has 0 amide bonds. The SMILES string of the molecule is CC1(c2nc(CCC(F)(F)F)no2)CCNCC1. The number of halogens is 3. The van der Waals surface area contributed by atoms with Gasteiger partial charge in [0.05, 0.1) is 6.42 Å². The van der Waals surface area contributed by atoms with Crippen molar-refractivity contribution in [1.82, 2.24) is 15.5 Å². The molecule has 2 rings (SSSR count). The molecule has 1 saturated heterocycles. The molecule has 2 heterocycles. The van der Waals surface area contributed by atoms with Crippen LogP contribution in [0.3, 0.4) is 0 Å². The van der Waals surface area contributed by atoms with Gasteiger partial charge in [-0.3, -0.25) is 0 Å². The Morgan fingerprint density at radius 2 is 2.00 bits per heavy atom. The van der Waals surface area contributed by atoms with Gasteiger partial charge in [0.25, 0.3) is 0 Å². The summed E-state index contributed by atoms with van der Waals surface area (Å²) in [6.07, 6.45) is -3.60. The van der Waals surface area contributed by atoms with Crippen LogP contribution in [0.5, 0.6) is 0 Å². The van der Waals surface area contributed by atoms with Crippen LogP contribution in [0.1, 0.15) is 37.9 Å². The first-order valence-corrected chi connectivity index (χ1v) is 6.00. The highest BCUT2D eigenvalue weighted by Gasteiger charge is 2.35. The Labute approximate surface area is 103 Å². The summed E-state index contributed by atoms with van der Waals surface area (Å²) in [7, 11) is 0. The minimum atomic E-state index is -4.18. The molecule has 1 aromatic heterocycles. The molecule has 0 aromatic carbocycles. The van der Waals surface area contributed by atoms with Crippen molar-refractivity contribution >= 4 is 0 Å². The fraction of sp³-hybridized carbons (Fsp3) is 0.818. The van der Waals surface area contributed by atoms with Gasteiger partial charge in [-0.25, -0.2) is 0 Å². The van der Waals surface area contributed by atoms with E-state index in [1.54, 1.807) is 0 Å². The van der Waals surface area contributed by atoms with Crippen molar-refractivity contribution in [3.8, 4) is 0 Å². The number of rotatable bonds is 3. The molecule has 1 aromatic rings. The summed E-state index contributed by atoms with van der Waals surface area (Å²) in [5, 5.41) is 6.86. The van der Waals surface area contributed by atoms with Crippen LogP contribution in [-0.2, 0) is 11.8 Å². The van der Waals surface area contributed by atoms with Crippen molar-refractivity contribution in [1.29, 1.82) is 0 Å². The Kier molecular flexibility index (Phi) is 3.61. The average molecular weight is 263 g/mol. The zero-order valence-corrected chi connectivity index (χ0v) is 10.2. The van der Waals surface area contributed by atoms with E-state index in [0.29, 0.717) is 5.89 Å². The first kappa shape index (κ1) is 13.3. The fourth-order valence-corrected chi connectivity index (χ4v) is 2.05. The Bertz CT molecular complexity index is 396. The van der Waals surface area contributed by atoms with Crippen molar-refractivity contribution in [3.63, 3.8) is 0 Å². The van der Waals surface area contributed by atoms with E-state index in [2.05, 4.69) is 15.5 Å². The van der Waals surface area contributed by atoms with Crippen LogP contribution in [0.2, 0.25) is 0 Å². The molecule has 0 spiro atoms. The van der Waals surface area contributed by atoms with Crippen molar-refractivity contribution in [2.24, 2.45) is 0 Å². The summed E-state index contributed by atoms with van der Waals surface area (Å²) in [5.41, 5.74) is -0.214. The fourth-order valence-electron chi connectivity index (χ4n) is 2.05. The molecule has 0 radical (unpaired) electrons. The Morgan fingerprint density at radius 3 is 2.61 bits per heavy atom. The highest BCUT2D eigenvalue weighted by Crippen LogP contribution is 2.31. The first-order valence-electron chi connectivity index (χ1n) is 6.00.